The molecular formula is C14H22N2O3. The molecule has 1 aromatic rings. The number of nitrogens with one attached hydrogen (secondary N) is 2. The fourth-order valence-electron chi connectivity index (χ4n) is 1.67. The topological polar surface area (TPSA) is 70.6 Å². The number of aliphatic hydroxyl groups excluding tert-OH is 1. The summed E-state index contributed by atoms with van der Waals surface area (Å²) in [5.41, 5.74) is 0.791. The maximum absolute atomic E-state index is 11.8. The lowest BCUT2D eigenvalue weighted by atomic mass is 10.2. The Kier molecular flexibility index (Phi) is 7.10. The first-order valence-electron chi connectivity index (χ1n) is 6.37. The first-order chi connectivity index (χ1) is 9.11. The monoisotopic (exact) mass is 266 g/mol. The van der Waals surface area contributed by atoms with Crippen molar-refractivity contribution in [2.24, 2.45) is 0 Å². The van der Waals surface area contributed by atoms with Gasteiger partial charge in [-0.25, -0.2) is 0 Å². The smallest absolute Gasteiger partial charge is 0.225 e. The number of aliphatic hydroxyl groups is 1. The van der Waals surface area contributed by atoms with E-state index in [2.05, 4.69) is 10.6 Å². The summed E-state index contributed by atoms with van der Waals surface area (Å²) in [5.74, 6) is -0.0487. The molecule has 0 bridgehead atoms. The zero-order valence-electron chi connectivity index (χ0n) is 11.4. The normalized spacial score (nSPS) is 13.8. The second-order valence-electron chi connectivity index (χ2n) is 4.54. The molecular weight excluding hydrogens is 244 g/mol. The molecule has 0 aliphatic heterocycles. The Morgan fingerprint density at radius 1 is 1.37 bits per heavy atom. The van der Waals surface area contributed by atoms with E-state index in [0.717, 1.165) is 5.69 Å². The van der Waals surface area contributed by atoms with E-state index >= 15 is 0 Å². The fraction of sp³-hybridized carbons (Fsp3) is 0.500. The SMILES string of the molecule is COCC(O)CNC(C)CC(=O)Nc1ccccc1. The predicted octanol–water partition coefficient (Wildman–Crippen LogP) is 1.00. The molecule has 0 aliphatic carbocycles. The summed E-state index contributed by atoms with van der Waals surface area (Å²) in [5, 5.41) is 15.4. The molecule has 0 radical (unpaired) electrons. The van der Waals surface area contributed by atoms with Gasteiger partial charge in [-0.1, -0.05) is 18.2 Å². The van der Waals surface area contributed by atoms with Gasteiger partial charge in [-0.05, 0) is 19.1 Å². The zero-order chi connectivity index (χ0) is 14.1. The van der Waals surface area contributed by atoms with Crippen molar-refractivity contribution < 1.29 is 14.6 Å². The molecule has 0 aromatic heterocycles. The zero-order valence-corrected chi connectivity index (χ0v) is 11.4. The molecule has 0 saturated heterocycles. The Hall–Kier alpha value is -1.43. The third-order valence-electron chi connectivity index (χ3n) is 2.61. The summed E-state index contributed by atoms with van der Waals surface area (Å²) in [6, 6.07) is 9.33. The number of amides is 1. The van der Waals surface area contributed by atoms with E-state index in [9.17, 15) is 9.90 Å². The van der Waals surface area contributed by atoms with Gasteiger partial charge in [0.2, 0.25) is 5.91 Å². The van der Waals surface area contributed by atoms with Gasteiger partial charge < -0.3 is 20.5 Å². The maximum atomic E-state index is 11.8. The molecule has 1 aromatic carbocycles. The van der Waals surface area contributed by atoms with Crippen molar-refractivity contribution >= 4 is 11.6 Å². The van der Waals surface area contributed by atoms with Gasteiger partial charge in [-0.3, -0.25) is 4.79 Å². The van der Waals surface area contributed by atoms with Gasteiger partial charge >= 0.3 is 0 Å². The van der Waals surface area contributed by atoms with Crippen LogP contribution in [0.3, 0.4) is 0 Å². The van der Waals surface area contributed by atoms with E-state index in [0.29, 0.717) is 13.0 Å². The van der Waals surface area contributed by atoms with Crippen LogP contribution in [0.4, 0.5) is 5.69 Å². The molecule has 5 nitrogen and oxygen atoms in total. The Morgan fingerprint density at radius 3 is 2.68 bits per heavy atom. The van der Waals surface area contributed by atoms with Crippen molar-refractivity contribution in [1.82, 2.24) is 5.32 Å². The lowest BCUT2D eigenvalue weighted by Crippen LogP contribution is -2.37. The summed E-state index contributed by atoms with van der Waals surface area (Å²) < 4.78 is 4.83. The average molecular weight is 266 g/mol. The predicted molar refractivity (Wildman–Crippen MR) is 75.0 cm³/mol. The number of para-hydroxylation sites is 1. The van der Waals surface area contributed by atoms with E-state index in [-0.39, 0.29) is 18.6 Å². The highest BCUT2D eigenvalue weighted by Crippen LogP contribution is 2.06. The number of hydrogen-bond acceptors (Lipinski definition) is 4. The molecule has 106 valence electrons. The van der Waals surface area contributed by atoms with E-state index < -0.39 is 6.10 Å². The van der Waals surface area contributed by atoms with Crippen LogP contribution in [0.15, 0.2) is 30.3 Å². The molecule has 2 unspecified atom stereocenters. The molecule has 1 amide bonds. The van der Waals surface area contributed by atoms with Crippen LogP contribution < -0.4 is 10.6 Å². The molecule has 0 heterocycles. The van der Waals surface area contributed by atoms with E-state index in [1.54, 1.807) is 7.11 Å². The number of ether oxygens (including phenoxy) is 1. The Labute approximate surface area is 114 Å². The summed E-state index contributed by atoms with van der Waals surface area (Å²) in [6.45, 7) is 2.60. The van der Waals surface area contributed by atoms with Crippen molar-refractivity contribution in [2.75, 3.05) is 25.6 Å². The summed E-state index contributed by atoms with van der Waals surface area (Å²) >= 11 is 0. The highest BCUT2D eigenvalue weighted by molar-refractivity contribution is 5.90. The molecule has 0 saturated carbocycles. The van der Waals surface area contributed by atoms with Crippen molar-refractivity contribution in [1.29, 1.82) is 0 Å². The fourth-order valence-corrected chi connectivity index (χ4v) is 1.67. The van der Waals surface area contributed by atoms with Gasteiger partial charge in [0.25, 0.3) is 0 Å². The van der Waals surface area contributed by atoms with Crippen LogP contribution in [0.1, 0.15) is 13.3 Å². The van der Waals surface area contributed by atoms with Crippen LogP contribution in [0.5, 0.6) is 0 Å². The number of carbonyl (C=O) groups is 1. The minimum Gasteiger partial charge on any atom is -0.389 e. The Morgan fingerprint density at radius 2 is 2.05 bits per heavy atom. The molecule has 3 N–H and O–H groups in total. The van der Waals surface area contributed by atoms with E-state index in [1.807, 2.05) is 37.3 Å². The molecule has 5 heteroatoms. The second kappa shape index (κ2) is 8.63. The summed E-state index contributed by atoms with van der Waals surface area (Å²) in [4.78, 5) is 11.8. The third-order valence-corrected chi connectivity index (χ3v) is 2.61. The Bertz CT molecular complexity index is 370. The first kappa shape index (κ1) is 15.6. The molecule has 2 atom stereocenters. The maximum Gasteiger partial charge on any atom is 0.225 e. The van der Waals surface area contributed by atoms with Gasteiger partial charge in [0.15, 0.2) is 0 Å². The number of anilines is 1. The third kappa shape index (κ3) is 6.91. The number of carbonyl (C=O) groups excluding carboxylic acids is 1. The largest absolute Gasteiger partial charge is 0.389 e. The van der Waals surface area contributed by atoms with Crippen LogP contribution in [0, 0.1) is 0 Å². The lowest BCUT2D eigenvalue weighted by Gasteiger charge is -2.16. The van der Waals surface area contributed by atoms with Crippen molar-refractivity contribution in [3.63, 3.8) is 0 Å². The van der Waals surface area contributed by atoms with Gasteiger partial charge in [-0.15, -0.1) is 0 Å². The van der Waals surface area contributed by atoms with Crippen molar-refractivity contribution in [3.05, 3.63) is 30.3 Å². The number of methoxy groups -OCH3 is 1. The number of rotatable bonds is 8. The molecule has 0 spiro atoms. The van der Waals surface area contributed by atoms with Gasteiger partial charge in [-0.2, -0.15) is 0 Å². The first-order valence-corrected chi connectivity index (χ1v) is 6.37. The number of benzene rings is 1. The highest BCUT2D eigenvalue weighted by Gasteiger charge is 2.11. The summed E-state index contributed by atoms with van der Waals surface area (Å²) in [6.07, 6.45) is -0.196. The van der Waals surface area contributed by atoms with E-state index in [4.69, 9.17) is 4.74 Å². The number of hydrogen-bond donors (Lipinski definition) is 3. The van der Waals surface area contributed by atoms with Crippen LogP contribution in [-0.2, 0) is 9.53 Å². The van der Waals surface area contributed by atoms with Crippen LogP contribution in [0.2, 0.25) is 0 Å². The van der Waals surface area contributed by atoms with E-state index in [1.165, 1.54) is 0 Å². The van der Waals surface area contributed by atoms with Crippen molar-refractivity contribution in [2.45, 2.75) is 25.5 Å². The van der Waals surface area contributed by atoms with Gasteiger partial charge in [0.1, 0.15) is 0 Å². The summed E-state index contributed by atoms with van der Waals surface area (Å²) in [7, 11) is 1.54. The van der Waals surface area contributed by atoms with Gasteiger partial charge in [0, 0.05) is 31.8 Å². The Balaban J connectivity index is 2.24. The molecule has 0 fully saturated rings. The minimum absolute atomic E-state index is 0.00443. The van der Waals surface area contributed by atoms with Crippen molar-refractivity contribution in [3.8, 4) is 0 Å². The van der Waals surface area contributed by atoms with Crippen LogP contribution >= 0.6 is 0 Å². The molecule has 0 aliphatic rings. The van der Waals surface area contributed by atoms with Crippen LogP contribution in [0.25, 0.3) is 0 Å². The van der Waals surface area contributed by atoms with Crippen LogP contribution in [-0.4, -0.2) is 43.4 Å². The second-order valence-corrected chi connectivity index (χ2v) is 4.54. The van der Waals surface area contributed by atoms with Gasteiger partial charge in [0.05, 0.1) is 12.7 Å². The molecule has 19 heavy (non-hydrogen) atoms. The highest BCUT2D eigenvalue weighted by atomic mass is 16.5. The standard InChI is InChI=1S/C14H22N2O3/c1-11(15-9-13(17)10-19-2)8-14(18)16-12-6-4-3-5-7-12/h3-7,11,13,15,17H,8-10H2,1-2H3,(H,16,18). The minimum atomic E-state index is -0.551. The lowest BCUT2D eigenvalue weighted by molar-refractivity contribution is -0.116. The molecule has 1 rings (SSSR count). The quantitative estimate of drug-likeness (QED) is 0.656. The average Bonchev–Trinajstić information content (AvgIpc) is 2.38.